The first kappa shape index (κ1) is 32.4. The zero-order valence-corrected chi connectivity index (χ0v) is 31.2. The second kappa shape index (κ2) is 12.9. The van der Waals surface area contributed by atoms with Crippen molar-refractivity contribution in [3.8, 4) is 33.4 Å². The van der Waals surface area contributed by atoms with Crippen molar-refractivity contribution in [1.82, 2.24) is 0 Å². The van der Waals surface area contributed by atoms with Crippen molar-refractivity contribution >= 4 is 82.9 Å². The van der Waals surface area contributed by atoms with Gasteiger partial charge in [-0.3, -0.25) is 0 Å². The van der Waals surface area contributed by atoms with Crippen LogP contribution >= 0.6 is 0 Å². The summed E-state index contributed by atoms with van der Waals surface area (Å²) in [5, 5.41) is 6.51. The van der Waals surface area contributed by atoms with Crippen LogP contribution < -0.4 is 4.90 Å². The van der Waals surface area contributed by atoms with Crippen LogP contribution in [0.3, 0.4) is 0 Å². The lowest BCUT2D eigenvalue weighted by Crippen LogP contribution is -2.09. The number of para-hydroxylation sites is 2. The normalized spacial score (nSPS) is 11.8. The molecule has 0 N–H and O–H groups in total. The third kappa shape index (κ3) is 5.09. The SMILES string of the molecule is c1ccc(-c2ccc(N(c3ccc(-c4cccc5oc6ccccc6c45)cc3)c3ccc(-c4cccc5oc6ccc7c8ccccc8oc7c6c45)cc3)cc2)cc1. The Labute approximate surface area is 333 Å². The standard InChI is InChI=1S/C54H33NO3/c1-2-10-34(11-3-1)35-20-26-38(27-21-35)55(39-28-22-36(23-29-39)41-14-8-18-48-51(41)45-13-5-7-17-47(45)56-48)40-30-24-37(25-31-40)42-15-9-19-49-52(42)53-50(57-49)33-32-44-43-12-4-6-16-46(43)58-54(44)53/h1-33H. The fourth-order valence-electron chi connectivity index (χ4n) is 8.80. The highest BCUT2D eigenvalue weighted by Gasteiger charge is 2.20. The smallest absolute Gasteiger partial charge is 0.147 e. The van der Waals surface area contributed by atoms with Crippen LogP contribution in [0.1, 0.15) is 0 Å². The summed E-state index contributed by atoms with van der Waals surface area (Å²) in [5.74, 6) is 0. The van der Waals surface area contributed by atoms with Crippen LogP contribution in [-0.4, -0.2) is 0 Å². The first-order chi connectivity index (χ1) is 28.7. The van der Waals surface area contributed by atoms with Crippen molar-refractivity contribution in [2.24, 2.45) is 0 Å². The van der Waals surface area contributed by atoms with Crippen molar-refractivity contribution in [3.05, 3.63) is 200 Å². The molecular formula is C54H33NO3. The van der Waals surface area contributed by atoms with E-state index in [1.165, 1.54) is 11.1 Å². The topological polar surface area (TPSA) is 42.7 Å². The molecule has 0 unspecified atom stereocenters. The maximum Gasteiger partial charge on any atom is 0.147 e. The van der Waals surface area contributed by atoms with Crippen LogP contribution in [0.2, 0.25) is 0 Å². The molecule has 0 saturated carbocycles. The predicted molar refractivity (Wildman–Crippen MR) is 239 cm³/mol. The molecule has 0 radical (unpaired) electrons. The van der Waals surface area contributed by atoms with E-state index < -0.39 is 0 Å². The summed E-state index contributed by atoms with van der Waals surface area (Å²) in [6.07, 6.45) is 0. The molecule has 0 fully saturated rings. The van der Waals surface area contributed by atoms with E-state index in [1.54, 1.807) is 0 Å². The highest BCUT2D eigenvalue weighted by molar-refractivity contribution is 6.24. The van der Waals surface area contributed by atoms with Gasteiger partial charge in [0.15, 0.2) is 0 Å². The van der Waals surface area contributed by atoms with Gasteiger partial charge in [0.05, 0.1) is 5.39 Å². The summed E-state index contributed by atoms with van der Waals surface area (Å²) in [6, 6.07) is 70.3. The number of anilines is 3. The van der Waals surface area contributed by atoms with Crippen LogP contribution in [0.5, 0.6) is 0 Å². The van der Waals surface area contributed by atoms with Crippen LogP contribution in [0.4, 0.5) is 17.1 Å². The van der Waals surface area contributed by atoms with E-state index in [4.69, 9.17) is 13.3 Å². The molecule has 4 nitrogen and oxygen atoms in total. The fourth-order valence-corrected chi connectivity index (χ4v) is 8.80. The van der Waals surface area contributed by atoms with Crippen molar-refractivity contribution < 1.29 is 13.3 Å². The molecule has 12 rings (SSSR count). The van der Waals surface area contributed by atoms with E-state index in [9.17, 15) is 0 Å². The predicted octanol–water partition coefficient (Wildman–Crippen LogP) is 15.9. The molecule has 58 heavy (non-hydrogen) atoms. The van der Waals surface area contributed by atoms with Crippen molar-refractivity contribution in [1.29, 1.82) is 0 Å². The van der Waals surface area contributed by atoms with Crippen molar-refractivity contribution in [2.75, 3.05) is 4.90 Å². The Balaban J connectivity index is 0.974. The lowest BCUT2D eigenvalue weighted by molar-refractivity contribution is 0.663. The Kier molecular flexibility index (Phi) is 7.20. The van der Waals surface area contributed by atoms with Gasteiger partial charge in [0, 0.05) is 44.0 Å². The first-order valence-electron chi connectivity index (χ1n) is 19.6. The number of nitrogens with zero attached hydrogens (tertiary/aromatic N) is 1. The van der Waals surface area contributed by atoms with Gasteiger partial charge in [-0.05, 0) is 106 Å². The van der Waals surface area contributed by atoms with Gasteiger partial charge in [-0.1, -0.05) is 127 Å². The Morgan fingerprint density at radius 3 is 1.38 bits per heavy atom. The number of hydrogen-bond acceptors (Lipinski definition) is 4. The maximum atomic E-state index is 6.51. The Hall–Kier alpha value is -7.82. The van der Waals surface area contributed by atoms with E-state index in [1.807, 2.05) is 36.4 Å². The van der Waals surface area contributed by atoms with E-state index in [0.29, 0.717) is 0 Å². The molecular weight excluding hydrogens is 711 g/mol. The quantitative estimate of drug-likeness (QED) is 0.170. The third-order valence-corrected chi connectivity index (χ3v) is 11.5. The van der Waals surface area contributed by atoms with Crippen molar-refractivity contribution in [2.45, 2.75) is 0 Å². The minimum Gasteiger partial charge on any atom is -0.456 e. The second-order valence-electron chi connectivity index (χ2n) is 14.8. The number of benzene rings is 9. The number of fused-ring (bicyclic) bond motifs is 10. The van der Waals surface area contributed by atoms with Crippen molar-refractivity contribution in [3.63, 3.8) is 0 Å². The Morgan fingerprint density at radius 1 is 0.259 bits per heavy atom. The van der Waals surface area contributed by atoms with Gasteiger partial charge in [0.2, 0.25) is 0 Å². The number of rotatable bonds is 6. The lowest BCUT2D eigenvalue weighted by atomic mass is 9.97. The highest BCUT2D eigenvalue weighted by Crippen LogP contribution is 2.44. The van der Waals surface area contributed by atoms with E-state index in [0.717, 1.165) is 105 Å². The molecule has 3 aromatic heterocycles. The molecule has 3 heterocycles. The maximum absolute atomic E-state index is 6.51. The van der Waals surface area contributed by atoms with Gasteiger partial charge in [-0.2, -0.15) is 0 Å². The highest BCUT2D eigenvalue weighted by atomic mass is 16.3. The molecule has 0 amide bonds. The summed E-state index contributed by atoms with van der Waals surface area (Å²) in [7, 11) is 0. The molecule has 0 atom stereocenters. The third-order valence-electron chi connectivity index (χ3n) is 11.5. The van der Waals surface area contributed by atoms with Gasteiger partial charge < -0.3 is 18.2 Å². The lowest BCUT2D eigenvalue weighted by Gasteiger charge is -2.26. The first-order valence-corrected chi connectivity index (χ1v) is 19.6. The molecule has 272 valence electrons. The molecule has 0 aliphatic rings. The second-order valence-corrected chi connectivity index (χ2v) is 14.8. The van der Waals surface area contributed by atoms with E-state index in [-0.39, 0.29) is 0 Å². The van der Waals surface area contributed by atoms with Crippen LogP contribution in [0.25, 0.3) is 99.2 Å². The fraction of sp³-hybridized carbons (Fsp3) is 0. The molecule has 0 spiro atoms. The summed E-state index contributed by atoms with van der Waals surface area (Å²) < 4.78 is 19.2. The average molecular weight is 744 g/mol. The molecule has 0 saturated heterocycles. The molecule has 0 aliphatic carbocycles. The molecule has 4 heteroatoms. The van der Waals surface area contributed by atoms with E-state index >= 15 is 0 Å². The average Bonchev–Trinajstić information content (AvgIpc) is 3.99. The summed E-state index contributed by atoms with van der Waals surface area (Å²) >= 11 is 0. The van der Waals surface area contributed by atoms with Gasteiger partial charge in [-0.15, -0.1) is 0 Å². The van der Waals surface area contributed by atoms with Gasteiger partial charge in [0.25, 0.3) is 0 Å². The Bertz CT molecular complexity index is 3480. The molecule has 0 bridgehead atoms. The molecule has 9 aromatic carbocycles. The van der Waals surface area contributed by atoms with Crippen LogP contribution in [0.15, 0.2) is 213 Å². The van der Waals surface area contributed by atoms with Crippen LogP contribution in [0, 0.1) is 0 Å². The Morgan fingerprint density at radius 2 is 0.724 bits per heavy atom. The van der Waals surface area contributed by atoms with Gasteiger partial charge in [0.1, 0.15) is 33.5 Å². The molecule has 12 aromatic rings. The summed E-state index contributed by atoms with van der Waals surface area (Å²) in [4.78, 5) is 2.32. The zero-order valence-electron chi connectivity index (χ0n) is 31.2. The number of furan rings is 3. The monoisotopic (exact) mass is 743 g/mol. The molecule has 0 aliphatic heterocycles. The van der Waals surface area contributed by atoms with E-state index in [2.05, 4.69) is 169 Å². The number of hydrogen-bond donors (Lipinski definition) is 0. The minimum absolute atomic E-state index is 0.816. The zero-order chi connectivity index (χ0) is 38.2. The summed E-state index contributed by atoms with van der Waals surface area (Å²) in [6.45, 7) is 0. The largest absolute Gasteiger partial charge is 0.456 e. The van der Waals surface area contributed by atoms with Gasteiger partial charge >= 0.3 is 0 Å². The van der Waals surface area contributed by atoms with Crippen LogP contribution in [-0.2, 0) is 0 Å². The summed E-state index contributed by atoms with van der Waals surface area (Å²) in [5.41, 5.74) is 15.2. The van der Waals surface area contributed by atoms with Gasteiger partial charge in [-0.25, -0.2) is 0 Å². The minimum atomic E-state index is 0.816.